The Morgan fingerprint density at radius 1 is 0.710 bits per heavy atom. The van der Waals surface area contributed by atoms with E-state index in [1.54, 1.807) is 6.07 Å². The van der Waals surface area contributed by atoms with Gasteiger partial charge in [0.25, 0.3) is 0 Å². The Morgan fingerprint density at radius 3 is 1.84 bits per heavy atom. The number of ether oxygens (including phenoxy) is 1. The molecule has 0 aliphatic rings. The molecule has 2 heteroatoms. The van der Waals surface area contributed by atoms with Crippen LogP contribution in [-0.4, -0.2) is 6.61 Å². The zero-order valence-electron chi connectivity index (χ0n) is 18.0. The van der Waals surface area contributed by atoms with Crippen LogP contribution in [0.15, 0.2) is 97.1 Å². The van der Waals surface area contributed by atoms with E-state index in [1.165, 1.54) is 22.8 Å². The van der Waals surface area contributed by atoms with Crippen molar-refractivity contribution in [2.45, 2.75) is 26.2 Å². The minimum atomic E-state index is -0.330. The van der Waals surface area contributed by atoms with Crippen LogP contribution in [-0.2, 0) is 6.42 Å². The Morgan fingerprint density at radius 2 is 1.26 bits per heavy atom. The van der Waals surface area contributed by atoms with Crippen LogP contribution >= 0.6 is 0 Å². The predicted molar refractivity (Wildman–Crippen MR) is 127 cm³/mol. The highest BCUT2D eigenvalue weighted by Gasteiger charge is 2.08. The highest BCUT2D eigenvalue weighted by atomic mass is 19.1. The Bertz CT molecular complexity index is 1120. The largest absolute Gasteiger partial charge is 0.491 e. The van der Waals surface area contributed by atoms with Crippen molar-refractivity contribution in [2.24, 2.45) is 0 Å². The number of rotatable bonds is 7. The first kappa shape index (κ1) is 20.9. The van der Waals surface area contributed by atoms with Gasteiger partial charge in [0.2, 0.25) is 0 Å². The van der Waals surface area contributed by atoms with Gasteiger partial charge in [0.1, 0.15) is 0 Å². The van der Waals surface area contributed by atoms with E-state index in [9.17, 15) is 4.39 Å². The summed E-state index contributed by atoms with van der Waals surface area (Å²) in [6.07, 6.45) is 1.02. The summed E-state index contributed by atoms with van der Waals surface area (Å²) < 4.78 is 19.5. The van der Waals surface area contributed by atoms with Crippen LogP contribution in [0.3, 0.4) is 0 Å². The lowest BCUT2D eigenvalue weighted by molar-refractivity contribution is 0.321. The average Bonchev–Trinajstić information content (AvgIpc) is 2.82. The van der Waals surface area contributed by atoms with Crippen LogP contribution in [0.1, 0.15) is 30.9 Å². The van der Waals surface area contributed by atoms with E-state index >= 15 is 0 Å². The molecule has 1 atom stereocenters. The predicted octanol–water partition coefficient (Wildman–Crippen LogP) is 7.90. The average molecular weight is 411 g/mol. The standard InChI is InChI=1S/C29H27FO/c1-3-31-29-18-17-27(20-28(29)30)26-15-13-25(14-16-26)24-11-9-22(10-12-24)19-21(2)23-7-5-4-6-8-23/h4-18,20-21H,3,19H2,1-2H3/t21-/m1/s1. The van der Waals surface area contributed by atoms with Crippen LogP contribution in [0, 0.1) is 5.82 Å². The Hall–Kier alpha value is -3.39. The number of benzene rings is 4. The quantitative estimate of drug-likeness (QED) is 0.301. The van der Waals surface area contributed by atoms with Crippen molar-refractivity contribution in [3.63, 3.8) is 0 Å². The molecule has 0 spiro atoms. The lowest BCUT2D eigenvalue weighted by Crippen LogP contribution is -1.98. The van der Waals surface area contributed by atoms with Crippen molar-refractivity contribution < 1.29 is 9.13 Å². The van der Waals surface area contributed by atoms with Crippen LogP contribution < -0.4 is 4.74 Å². The molecular formula is C29H27FO. The molecule has 0 bridgehead atoms. The van der Waals surface area contributed by atoms with E-state index in [-0.39, 0.29) is 5.82 Å². The normalized spacial score (nSPS) is 11.8. The third kappa shape index (κ3) is 5.03. The van der Waals surface area contributed by atoms with Gasteiger partial charge < -0.3 is 4.74 Å². The summed E-state index contributed by atoms with van der Waals surface area (Å²) in [6.45, 7) is 4.57. The zero-order valence-corrected chi connectivity index (χ0v) is 18.0. The lowest BCUT2D eigenvalue weighted by atomic mass is 9.92. The van der Waals surface area contributed by atoms with E-state index in [1.807, 2.05) is 25.1 Å². The molecule has 0 heterocycles. The summed E-state index contributed by atoms with van der Waals surface area (Å²) in [5, 5.41) is 0. The molecule has 0 saturated carbocycles. The second-order valence-corrected chi connectivity index (χ2v) is 7.87. The molecule has 0 saturated heterocycles. The molecule has 4 aromatic carbocycles. The van der Waals surface area contributed by atoms with Gasteiger partial charge in [-0.25, -0.2) is 4.39 Å². The van der Waals surface area contributed by atoms with Crippen molar-refractivity contribution >= 4 is 0 Å². The first-order valence-electron chi connectivity index (χ1n) is 10.8. The maximum atomic E-state index is 14.2. The highest BCUT2D eigenvalue weighted by Crippen LogP contribution is 2.29. The molecule has 0 fully saturated rings. The molecular weight excluding hydrogens is 383 g/mol. The van der Waals surface area contributed by atoms with Gasteiger partial charge in [-0.3, -0.25) is 0 Å². The van der Waals surface area contributed by atoms with Gasteiger partial charge in [-0.05, 0) is 64.8 Å². The Balaban J connectivity index is 1.46. The fraction of sp³-hybridized carbons (Fsp3) is 0.172. The van der Waals surface area contributed by atoms with Gasteiger partial charge in [-0.2, -0.15) is 0 Å². The molecule has 0 unspecified atom stereocenters. The highest BCUT2D eigenvalue weighted by molar-refractivity contribution is 5.71. The molecule has 31 heavy (non-hydrogen) atoms. The molecule has 1 nitrogen and oxygen atoms in total. The molecule has 0 aliphatic heterocycles. The van der Waals surface area contributed by atoms with E-state index in [0.717, 1.165) is 23.1 Å². The van der Waals surface area contributed by atoms with Crippen molar-refractivity contribution in [3.8, 4) is 28.0 Å². The van der Waals surface area contributed by atoms with E-state index in [0.29, 0.717) is 18.3 Å². The topological polar surface area (TPSA) is 9.23 Å². The first-order chi connectivity index (χ1) is 15.1. The number of halogens is 1. The molecule has 0 radical (unpaired) electrons. The van der Waals surface area contributed by atoms with Crippen molar-refractivity contribution in [1.29, 1.82) is 0 Å². The minimum Gasteiger partial charge on any atom is -0.491 e. The smallest absolute Gasteiger partial charge is 0.165 e. The molecule has 4 aromatic rings. The number of hydrogen-bond donors (Lipinski definition) is 0. The van der Waals surface area contributed by atoms with E-state index in [4.69, 9.17) is 4.74 Å². The number of hydrogen-bond acceptors (Lipinski definition) is 1. The van der Waals surface area contributed by atoms with Crippen LogP contribution in [0.4, 0.5) is 4.39 Å². The molecule has 0 N–H and O–H groups in total. The maximum Gasteiger partial charge on any atom is 0.165 e. The summed E-state index contributed by atoms with van der Waals surface area (Å²) in [5.74, 6) is 0.453. The van der Waals surface area contributed by atoms with Crippen LogP contribution in [0.2, 0.25) is 0 Å². The summed E-state index contributed by atoms with van der Waals surface area (Å²) in [4.78, 5) is 0. The fourth-order valence-corrected chi connectivity index (χ4v) is 3.89. The lowest BCUT2D eigenvalue weighted by Gasteiger charge is -2.12. The van der Waals surface area contributed by atoms with Gasteiger partial charge in [0.15, 0.2) is 11.6 Å². The van der Waals surface area contributed by atoms with Gasteiger partial charge in [-0.1, -0.05) is 91.9 Å². The summed E-state index contributed by atoms with van der Waals surface area (Å²) >= 11 is 0. The van der Waals surface area contributed by atoms with Crippen LogP contribution in [0.25, 0.3) is 22.3 Å². The molecule has 156 valence electrons. The zero-order chi connectivity index (χ0) is 21.6. The molecule has 4 rings (SSSR count). The van der Waals surface area contributed by atoms with Crippen molar-refractivity contribution in [2.75, 3.05) is 6.61 Å². The van der Waals surface area contributed by atoms with Gasteiger partial charge in [0.05, 0.1) is 6.61 Å². The first-order valence-corrected chi connectivity index (χ1v) is 10.8. The summed E-state index contributed by atoms with van der Waals surface area (Å²) in [6, 6.07) is 32.8. The second-order valence-electron chi connectivity index (χ2n) is 7.87. The molecule has 0 aromatic heterocycles. The third-order valence-electron chi connectivity index (χ3n) is 5.65. The summed E-state index contributed by atoms with van der Waals surface area (Å²) in [5.41, 5.74) is 6.87. The molecule has 0 aliphatic carbocycles. The second kappa shape index (κ2) is 9.61. The van der Waals surface area contributed by atoms with E-state index in [2.05, 4.69) is 73.7 Å². The Labute approximate surface area is 184 Å². The van der Waals surface area contributed by atoms with Crippen LogP contribution in [0.5, 0.6) is 5.75 Å². The van der Waals surface area contributed by atoms with Gasteiger partial charge in [0, 0.05) is 0 Å². The van der Waals surface area contributed by atoms with Crippen molar-refractivity contribution in [1.82, 2.24) is 0 Å². The van der Waals surface area contributed by atoms with Gasteiger partial charge >= 0.3 is 0 Å². The van der Waals surface area contributed by atoms with Gasteiger partial charge in [-0.15, -0.1) is 0 Å². The third-order valence-corrected chi connectivity index (χ3v) is 5.65. The monoisotopic (exact) mass is 410 g/mol. The van der Waals surface area contributed by atoms with E-state index < -0.39 is 0 Å². The molecule has 0 amide bonds. The summed E-state index contributed by atoms with van der Waals surface area (Å²) in [7, 11) is 0. The SMILES string of the molecule is CCOc1ccc(-c2ccc(-c3ccc(C[C@@H](C)c4ccccc4)cc3)cc2)cc1F. The Kier molecular flexibility index (Phi) is 6.47. The minimum absolute atomic E-state index is 0.296. The fourth-order valence-electron chi connectivity index (χ4n) is 3.89. The maximum absolute atomic E-state index is 14.2. The van der Waals surface area contributed by atoms with Crippen molar-refractivity contribution in [3.05, 3.63) is 114 Å².